The average molecular weight is 278 g/mol. The second-order valence-corrected chi connectivity index (χ2v) is 6.39. The molecule has 0 aliphatic carbocycles. The second-order valence-electron chi connectivity index (χ2n) is 5.51. The van der Waals surface area contributed by atoms with Gasteiger partial charge in [-0.15, -0.1) is 11.8 Å². The maximum atomic E-state index is 3.68. The van der Waals surface area contributed by atoms with Crippen molar-refractivity contribution in [3.63, 3.8) is 0 Å². The number of anilines is 1. The highest BCUT2D eigenvalue weighted by Crippen LogP contribution is 2.21. The molecule has 0 bridgehead atoms. The summed E-state index contributed by atoms with van der Waals surface area (Å²) in [6.07, 6.45) is 8.78. The van der Waals surface area contributed by atoms with Crippen LogP contribution in [-0.4, -0.2) is 24.9 Å². The van der Waals surface area contributed by atoms with E-state index in [4.69, 9.17) is 0 Å². The molecule has 0 spiro atoms. The van der Waals surface area contributed by atoms with Crippen LogP contribution in [0.3, 0.4) is 0 Å². The van der Waals surface area contributed by atoms with Crippen LogP contribution in [0.4, 0.5) is 5.69 Å². The zero-order valence-corrected chi connectivity index (χ0v) is 12.9. The summed E-state index contributed by atoms with van der Waals surface area (Å²) in [6.45, 7) is 3.48. The normalized spacial score (nSPS) is 21.7. The lowest BCUT2D eigenvalue weighted by Gasteiger charge is -2.22. The molecule has 2 nitrogen and oxygen atoms in total. The van der Waals surface area contributed by atoms with Crippen LogP contribution < -0.4 is 10.6 Å². The predicted octanol–water partition coefficient (Wildman–Crippen LogP) is 4.13. The lowest BCUT2D eigenvalue weighted by atomic mass is 10.0. The van der Waals surface area contributed by atoms with Gasteiger partial charge in [-0.2, -0.15) is 0 Å². The number of nitrogens with one attached hydrogen (secondary N) is 2. The Morgan fingerprint density at radius 1 is 1.37 bits per heavy atom. The predicted molar refractivity (Wildman–Crippen MR) is 86.2 cm³/mol. The van der Waals surface area contributed by atoms with Crippen molar-refractivity contribution in [3.8, 4) is 0 Å². The molecule has 2 atom stereocenters. The molecule has 1 heterocycles. The Morgan fingerprint density at radius 3 is 3.11 bits per heavy atom. The summed E-state index contributed by atoms with van der Waals surface area (Å²) in [5.41, 5.74) is 1.24. The van der Waals surface area contributed by atoms with Gasteiger partial charge in [0.2, 0.25) is 0 Å². The number of rotatable bonds is 5. The van der Waals surface area contributed by atoms with Crippen molar-refractivity contribution in [1.29, 1.82) is 0 Å². The van der Waals surface area contributed by atoms with E-state index in [0.717, 1.165) is 0 Å². The van der Waals surface area contributed by atoms with Gasteiger partial charge in [0.15, 0.2) is 0 Å². The van der Waals surface area contributed by atoms with Crippen LogP contribution in [0.1, 0.15) is 39.0 Å². The van der Waals surface area contributed by atoms with E-state index in [2.05, 4.69) is 48.1 Å². The van der Waals surface area contributed by atoms with Crippen molar-refractivity contribution in [2.75, 3.05) is 18.1 Å². The smallest absolute Gasteiger partial charge is 0.0353 e. The van der Waals surface area contributed by atoms with Crippen molar-refractivity contribution in [2.24, 2.45) is 0 Å². The Labute approximate surface area is 121 Å². The zero-order valence-electron chi connectivity index (χ0n) is 12.1. The first kappa shape index (κ1) is 14.7. The summed E-state index contributed by atoms with van der Waals surface area (Å²) in [4.78, 5) is 1.32. The minimum absolute atomic E-state index is 0.521. The Morgan fingerprint density at radius 2 is 2.26 bits per heavy atom. The van der Waals surface area contributed by atoms with E-state index in [-0.39, 0.29) is 0 Å². The molecule has 2 unspecified atom stereocenters. The molecular weight excluding hydrogens is 252 g/mol. The van der Waals surface area contributed by atoms with E-state index in [9.17, 15) is 0 Å². The number of hydrogen-bond acceptors (Lipinski definition) is 3. The van der Waals surface area contributed by atoms with Crippen LogP contribution in [0, 0.1) is 0 Å². The zero-order chi connectivity index (χ0) is 13.5. The number of benzene rings is 1. The van der Waals surface area contributed by atoms with Gasteiger partial charge in [-0.25, -0.2) is 0 Å². The molecule has 0 aromatic heterocycles. The van der Waals surface area contributed by atoms with Crippen LogP contribution in [0.25, 0.3) is 0 Å². The topological polar surface area (TPSA) is 24.1 Å². The molecule has 1 aromatic rings. The lowest BCUT2D eigenvalue weighted by molar-refractivity contribution is 0.456. The van der Waals surface area contributed by atoms with Gasteiger partial charge in [0.25, 0.3) is 0 Å². The van der Waals surface area contributed by atoms with Crippen LogP contribution in [0.5, 0.6) is 0 Å². The maximum Gasteiger partial charge on any atom is 0.0353 e. The highest BCUT2D eigenvalue weighted by atomic mass is 32.2. The minimum atomic E-state index is 0.521. The molecule has 19 heavy (non-hydrogen) atoms. The lowest BCUT2D eigenvalue weighted by Crippen LogP contribution is -2.33. The maximum absolute atomic E-state index is 3.68. The fourth-order valence-electron chi connectivity index (χ4n) is 2.79. The molecule has 1 fully saturated rings. The third-order valence-electron chi connectivity index (χ3n) is 3.78. The standard InChI is InChI=1S/C16H26N2S/c1-13(11-14-7-4-3-5-10-17-14)18-15-8-6-9-16(12-15)19-2/h6,8-9,12-14,17-18H,3-5,7,10-11H2,1-2H3. The van der Waals surface area contributed by atoms with E-state index in [0.29, 0.717) is 12.1 Å². The number of thioether (sulfide) groups is 1. The van der Waals surface area contributed by atoms with E-state index in [1.54, 1.807) is 11.8 Å². The molecule has 1 saturated heterocycles. The molecule has 1 aromatic carbocycles. The van der Waals surface area contributed by atoms with Crippen molar-refractivity contribution >= 4 is 17.4 Å². The van der Waals surface area contributed by atoms with Gasteiger partial charge >= 0.3 is 0 Å². The SMILES string of the molecule is CSc1cccc(NC(C)CC2CCCCCN2)c1. The summed E-state index contributed by atoms with van der Waals surface area (Å²) < 4.78 is 0. The fraction of sp³-hybridized carbons (Fsp3) is 0.625. The summed E-state index contributed by atoms with van der Waals surface area (Å²) in [5, 5.41) is 7.31. The first-order valence-electron chi connectivity index (χ1n) is 7.42. The molecule has 3 heteroatoms. The Bertz CT molecular complexity index is 373. The fourth-order valence-corrected chi connectivity index (χ4v) is 3.24. The average Bonchev–Trinajstić information content (AvgIpc) is 2.67. The molecule has 106 valence electrons. The van der Waals surface area contributed by atoms with E-state index < -0.39 is 0 Å². The molecule has 0 amide bonds. The molecule has 1 aliphatic rings. The highest BCUT2D eigenvalue weighted by molar-refractivity contribution is 7.98. The molecule has 0 saturated carbocycles. The minimum Gasteiger partial charge on any atom is -0.383 e. The molecule has 2 N–H and O–H groups in total. The number of hydrogen-bond donors (Lipinski definition) is 2. The van der Waals surface area contributed by atoms with Gasteiger partial charge < -0.3 is 10.6 Å². The molecular formula is C16H26N2S. The van der Waals surface area contributed by atoms with Crippen molar-refractivity contribution in [3.05, 3.63) is 24.3 Å². The van der Waals surface area contributed by atoms with E-state index >= 15 is 0 Å². The Kier molecular flexibility index (Phi) is 6.05. The highest BCUT2D eigenvalue weighted by Gasteiger charge is 2.14. The van der Waals surface area contributed by atoms with Gasteiger partial charge in [0.05, 0.1) is 0 Å². The Balaban J connectivity index is 1.83. The van der Waals surface area contributed by atoms with Crippen LogP contribution in [-0.2, 0) is 0 Å². The van der Waals surface area contributed by atoms with Crippen molar-refractivity contribution in [2.45, 2.75) is 56.0 Å². The molecule has 0 radical (unpaired) electrons. The van der Waals surface area contributed by atoms with Crippen molar-refractivity contribution in [1.82, 2.24) is 5.32 Å². The van der Waals surface area contributed by atoms with Crippen molar-refractivity contribution < 1.29 is 0 Å². The first-order valence-corrected chi connectivity index (χ1v) is 8.64. The third kappa shape index (κ3) is 5.07. The molecule has 1 aliphatic heterocycles. The Hall–Kier alpha value is -0.670. The van der Waals surface area contributed by atoms with Gasteiger partial charge in [-0.05, 0) is 57.2 Å². The first-order chi connectivity index (χ1) is 9.28. The van der Waals surface area contributed by atoms with Gasteiger partial charge in [-0.1, -0.05) is 18.9 Å². The van der Waals surface area contributed by atoms with E-state index in [1.807, 2.05) is 0 Å². The monoisotopic (exact) mass is 278 g/mol. The van der Waals surface area contributed by atoms with Gasteiger partial charge in [-0.3, -0.25) is 0 Å². The summed E-state index contributed by atoms with van der Waals surface area (Å²) >= 11 is 1.80. The quantitative estimate of drug-likeness (QED) is 0.792. The third-order valence-corrected chi connectivity index (χ3v) is 4.51. The van der Waals surface area contributed by atoms with Crippen LogP contribution in [0.2, 0.25) is 0 Å². The van der Waals surface area contributed by atoms with Gasteiger partial charge in [0, 0.05) is 22.7 Å². The summed E-state index contributed by atoms with van der Waals surface area (Å²) in [5.74, 6) is 0. The van der Waals surface area contributed by atoms with Crippen LogP contribution >= 0.6 is 11.8 Å². The van der Waals surface area contributed by atoms with E-state index in [1.165, 1.54) is 49.2 Å². The van der Waals surface area contributed by atoms with Crippen LogP contribution in [0.15, 0.2) is 29.2 Å². The molecule has 2 rings (SSSR count). The van der Waals surface area contributed by atoms with Gasteiger partial charge in [0.1, 0.15) is 0 Å². The summed E-state index contributed by atoms with van der Waals surface area (Å²) in [7, 11) is 0. The second kappa shape index (κ2) is 7.81. The largest absolute Gasteiger partial charge is 0.383 e. The summed E-state index contributed by atoms with van der Waals surface area (Å²) in [6, 6.07) is 9.90.